The number of halogens is 1. The van der Waals surface area contributed by atoms with Gasteiger partial charge in [-0.2, -0.15) is 0 Å². The highest BCUT2D eigenvalue weighted by atomic mass is 35.5. The van der Waals surface area contributed by atoms with Crippen molar-refractivity contribution in [3.05, 3.63) is 23.7 Å². The molecule has 3 nitrogen and oxygen atoms in total. The van der Waals surface area contributed by atoms with Gasteiger partial charge in [-0.3, -0.25) is 0 Å². The Balaban J connectivity index is 2.24. The Morgan fingerprint density at radius 2 is 2.31 bits per heavy atom. The molecule has 84 valence electrons. The summed E-state index contributed by atoms with van der Waals surface area (Å²) in [6, 6.07) is 2.62. The summed E-state index contributed by atoms with van der Waals surface area (Å²) in [4.78, 5) is 9.14. The minimum atomic E-state index is 0.609. The van der Waals surface area contributed by atoms with Crippen LogP contribution in [-0.4, -0.2) is 20.4 Å². The van der Waals surface area contributed by atoms with Crippen LogP contribution in [0.5, 0.6) is 0 Å². The number of hydrogen-bond acceptors (Lipinski definition) is 2. The van der Waals surface area contributed by atoms with E-state index in [2.05, 4.69) is 21.5 Å². The average Bonchev–Trinajstić information content (AvgIpc) is 3.02. The first kappa shape index (κ1) is 10.1. The third-order valence-electron chi connectivity index (χ3n) is 3.08. The molecule has 0 N–H and O–H groups in total. The van der Waals surface area contributed by atoms with E-state index in [0.29, 0.717) is 11.9 Å². The zero-order valence-corrected chi connectivity index (χ0v) is 10.0. The lowest BCUT2D eigenvalue weighted by atomic mass is 10.3. The van der Waals surface area contributed by atoms with E-state index in [1.165, 1.54) is 18.4 Å². The van der Waals surface area contributed by atoms with Crippen LogP contribution < -0.4 is 0 Å². The molecule has 4 heteroatoms. The maximum Gasteiger partial charge on any atom is 0.160 e. The van der Waals surface area contributed by atoms with Crippen LogP contribution in [0.2, 0.25) is 0 Å². The fourth-order valence-electron chi connectivity index (χ4n) is 2.13. The van der Waals surface area contributed by atoms with Crippen molar-refractivity contribution in [3.8, 4) is 0 Å². The van der Waals surface area contributed by atoms with Gasteiger partial charge in [-0.15, -0.1) is 11.6 Å². The van der Waals surface area contributed by atoms with Gasteiger partial charge in [0.25, 0.3) is 0 Å². The van der Waals surface area contributed by atoms with Crippen molar-refractivity contribution in [2.24, 2.45) is 0 Å². The predicted octanol–water partition coefficient (Wildman–Crippen LogP) is 2.86. The molecule has 1 aliphatic rings. The Hall–Kier alpha value is -1.09. The van der Waals surface area contributed by atoms with Gasteiger partial charge in [-0.25, -0.2) is 9.97 Å². The molecule has 0 aromatic carbocycles. The van der Waals surface area contributed by atoms with Gasteiger partial charge in [0.1, 0.15) is 11.3 Å². The van der Waals surface area contributed by atoms with E-state index in [4.69, 9.17) is 11.6 Å². The van der Waals surface area contributed by atoms with Gasteiger partial charge in [0, 0.05) is 24.5 Å². The minimum absolute atomic E-state index is 0.609. The maximum atomic E-state index is 5.83. The second kappa shape index (κ2) is 3.74. The topological polar surface area (TPSA) is 30.7 Å². The number of alkyl halides is 1. The summed E-state index contributed by atoms with van der Waals surface area (Å²) in [5, 5.41) is 0. The van der Waals surface area contributed by atoms with Gasteiger partial charge < -0.3 is 4.57 Å². The second-order valence-electron chi connectivity index (χ2n) is 4.37. The molecule has 0 atom stereocenters. The molecule has 3 rings (SSSR count). The normalized spacial score (nSPS) is 15.9. The summed E-state index contributed by atoms with van der Waals surface area (Å²) in [6.07, 6.45) is 5.18. The third kappa shape index (κ3) is 1.50. The molecular formula is C12H14ClN3. The van der Waals surface area contributed by atoms with Crippen LogP contribution in [0.15, 0.2) is 12.3 Å². The number of fused-ring (bicyclic) bond motifs is 1. The van der Waals surface area contributed by atoms with E-state index in [9.17, 15) is 0 Å². The minimum Gasteiger partial charge on any atom is -0.310 e. The van der Waals surface area contributed by atoms with E-state index in [0.717, 1.165) is 23.4 Å². The lowest BCUT2D eigenvalue weighted by Gasteiger charge is -2.04. The molecule has 0 aliphatic heterocycles. The fraction of sp³-hybridized carbons (Fsp3) is 0.500. The molecule has 0 radical (unpaired) electrons. The van der Waals surface area contributed by atoms with Crippen LogP contribution in [0.1, 0.15) is 30.3 Å². The first-order valence-corrected chi connectivity index (χ1v) is 6.23. The second-order valence-corrected chi connectivity index (χ2v) is 4.75. The summed E-state index contributed by atoms with van der Waals surface area (Å²) in [5.41, 5.74) is 3.26. The van der Waals surface area contributed by atoms with Crippen LogP contribution in [0, 0.1) is 6.92 Å². The first-order chi connectivity index (χ1) is 7.81. The highest BCUT2D eigenvalue weighted by Gasteiger charge is 2.28. The Bertz CT molecular complexity index is 528. The quantitative estimate of drug-likeness (QED) is 0.766. The summed E-state index contributed by atoms with van der Waals surface area (Å²) in [7, 11) is 0. The van der Waals surface area contributed by atoms with Crippen molar-refractivity contribution in [2.75, 3.05) is 5.88 Å². The highest BCUT2D eigenvalue weighted by Crippen LogP contribution is 2.38. The predicted molar refractivity (Wildman–Crippen MR) is 65.0 cm³/mol. The van der Waals surface area contributed by atoms with Crippen LogP contribution in [0.3, 0.4) is 0 Å². The zero-order valence-electron chi connectivity index (χ0n) is 9.28. The van der Waals surface area contributed by atoms with E-state index in [1.54, 1.807) is 0 Å². The van der Waals surface area contributed by atoms with Gasteiger partial charge in [-0.1, -0.05) is 0 Å². The van der Waals surface area contributed by atoms with Crippen molar-refractivity contribution in [1.82, 2.24) is 14.5 Å². The summed E-state index contributed by atoms with van der Waals surface area (Å²) < 4.78 is 2.28. The molecule has 0 saturated heterocycles. The smallest absolute Gasteiger partial charge is 0.160 e. The SMILES string of the molecule is Cc1ccnc2c1nc(CCCl)n2C1CC1. The number of nitrogens with zero attached hydrogens (tertiary/aromatic N) is 3. The molecule has 0 unspecified atom stereocenters. The Morgan fingerprint density at radius 3 is 3.00 bits per heavy atom. The monoisotopic (exact) mass is 235 g/mol. The Labute approximate surface area is 99.5 Å². The van der Waals surface area contributed by atoms with Crippen LogP contribution in [0.4, 0.5) is 0 Å². The van der Waals surface area contributed by atoms with Crippen molar-refractivity contribution < 1.29 is 0 Å². The molecule has 0 amide bonds. The van der Waals surface area contributed by atoms with Gasteiger partial charge >= 0.3 is 0 Å². The van der Waals surface area contributed by atoms with E-state index >= 15 is 0 Å². The van der Waals surface area contributed by atoms with Crippen LogP contribution >= 0.6 is 11.6 Å². The number of aryl methyl sites for hydroxylation is 2. The molecular weight excluding hydrogens is 222 g/mol. The molecule has 1 saturated carbocycles. The number of pyridine rings is 1. The molecule has 0 bridgehead atoms. The Kier molecular flexibility index (Phi) is 2.36. The molecule has 0 spiro atoms. The van der Waals surface area contributed by atoms with Crippen LogP contribution in [0.25, 0.3) is 11.2 Å². The fourth-order valence-corrected chi connectivity index (χ4v) is 2.30. The van der Waals surface area contributed by atoms with Crippen molar-refractivity contribution >= 4 is 22.8 Å². The van der Waals surface area contributed by atoms with Gasteiger partial charge in [0.05, 0.1) is 0 Å². The van der Waals surface area contributed by atoms with Crippen LogP contribution in [-0.2, 0) is 6.42 Å². The molecule has 2 aromatic rings. The van der Waals surface area contributed by atoms with Crippen molar-refractivity contribution in [1.29, 1.82) is 0 Å². The van der Waals surface area contributed by atoms with Gasteiger partial charge in [-0.05, 0) is 31.4 Å². The number of aromatic nitrogens is 3. The van der Waals surface area contributed by atoms with E-state index in [1.807, 2.05) is 12.3 Å². The summed E-state index contributed by atoms with van der Waals surface area (Å²) in [5.74, 6) is 1.71. The Morgan fingerprint density at radius 1 is 1.50 bits per heavy atom. The molecule has 1 aliphatic carbocycles. The molecule has 2 aromatic heterocycles. The lowest BCUT2D eigenvalue weighted by molar-refractivity contribution is 0.703. The standard InChI is InChI=1S/C12H14ClN3/c1-8-5-7-14-12-11(8)15-10(4-6-13)16(12)9-2-3-9/h5,7,9H,2-4,6H2,1H3. The number of imidazole rings is 1. The summed E-state index contributed by atoms with van der Waals surface area (Å²) in [6.45, 7) is 2.08. The number of rotatable bonds is 3. The van der Waals surface area contributed by atoms with Gasteiger partial charge in [0.2, 0.25) is 0 Å². The lowest BCUT2D eigenvalue weighted by Crippen LogP contribution is -2.02. The molecule has 16 heavy (non-hydrogen) atoms. The highest BCUT2D eigenvalue weighted by molar-refractivity contribution is 6.17. The van der Waals surface area contributed by atoms with Gasteiger partial charge in [0.15, 0.2) is 5.65 Å². The molecule has 1 fully saturated rings. The average molecular weight is 236 g/mol. The zero-order chi connectivity index (χ0) is 11.1. The molecule has 2 heterocycles. The van der Waals surface area contributed by atoms with E-state index in [-0.39, 0.29) is 0 Å². The largest absolute Gasteiger partial charge is 0.310 e. The first-order valence-electron chi connectivity index (χ1n) is 5.69. The van der Waals surface area contributed by atoms with E-state index < -0.39 is 0 Å². The number of hydrogen-bond donors (Lipinski definition) is 0. The van der Waals surface area contributed by atoms with Crippen molar-refractivity contribution in [3.63, 3.8) is 0 Å². The van der Waals surface area contributed by atoms with Crippen molar-refractivity contribution in [2.45, 2.75) is 32.2 Å². The third-order valence-corrected chi connectivity index (χ3v) is 3.27. The summed E-state index contributed by atoms with van der Waals surface area (Å²) >= 11 is 5.83. The maximum absolute atomic E-state index is 5.83.